The second-order valence-corrected chi connectivity index (χ2v) is 8.78. The van der Waals surface area contributed by atoms with Gasteiger partial charge in [0, 0.05) is 25.7 Å². The lowest BCUT2D eigenvalue weighted by molar-refractivity contribution is 0.240. The van der Waals surface area contributed by atoms with Gasteiger partial charge in [-0.3, -0.25) is 0 Å². The summed E-state index contributed by atoms with van der Waals surface area (Å²) >= 11 is 0. The van der Waals surface area contributed by atoms with Gasteiger partial charge in [-0.05, 0) is 43.5 Å². The highest BCUT2D eigenvalue weighted by atomic mass is 32.2. The molecule has 1 fully saturated rings. The van der Waals surface area contributed by atoms with E-state index in [1.54, 1.807) is 16.4 Å². The monoisotopic (exact) mass is 338 g/mol. The number of sulfonamides is 1. The summed E-state index contributed by atoms with van der Waals surface area (Å²) in [6.45, 7) is 8.40. The summed E-state index contributed by atoms with van der Waals surface area (Å²) in [6.07, 6.45) is 3.18. The fourth-order valence-electron chi connectivity index (χ4n) is 3.19. The van der Waals surface area contributed by atoms with Crippen LogP contribution < -0.4 is 0 Å². The largest absolute Gasteiger partial charge is 0.302 e. The van der Waals surface area contributed by atoms with Crippen LogP contribution in [-0.4, -0.2) is 50.3 Å². The second-order valence-electron chi connectivity index (χ2n) is 6.84. The molecule has 0 aliphatic carbocycles. The molecule has 1 aliphatic heterocycles. The van der Waals surface area contributed by atoms with Crippen molar-refractivity contribution in [2.45, 2.75) is 56.9 Å². The summed E-state index contributed by atoms with van der Waals surface area (Å²) in [5.74, 6) is 0.411. The summed E-state index contributed by atoms with van der Waals surface area (Å²) in [7, 11) is -1.28. The summed E-state index contributed by atoms with van der Waals surface area (Å²) in [5, 5.41) is 0. The molecule has 2 rings (SSSR count). The Bertz CT molecular complexity index is 596. The van der Waals surface area contributed by atoms with Gasteiger partial charge in [-0.1, -0.05) is 39.3 Å². The molecule has 1 aromatic carbocycles. The maximum Gasteiger partial charge on any atom is 0.243 e. The molecule has 5 heteroatoms. The molecule has 1 heterocycles. The molecule has 1 aliphatic rings. The van der Waals surface area contributed by atoms with Crippen LogP contribution in [0.2, 0.25) is 0 Å². The first-order chi connectivity index (χ1) is 10.9. The predicted molar refractivity (Wildman–Crippen MR) is 95.2 cm³/mol. The molecular weight excluding hydrogens is 308 g/mol. The van der Waals surface area contributed by atoms with Crippen LogP contribution in [0, 0.1) is 0 Å². The van der Waals surface area contributed by atoms with E-state index in [2.05, 4.69) is 32.7 Å². The van der Waals surface area contributed by atoms with E-state index < -0.39 is 10.0 Å². The fourth-order valence-corrected chi connectivity index (χ4v) is 4.64. The molecule has 0 N–H and O–H groups in total. The van der Waals surface area contributed by atoms with Gasteiger partial charge >= 0.3 is 0 Å². The first-order valence-electron chi connectivity index (χ1n) is 8.66. The predicted octanol–water partition coefficient (Wildman–Crippen LogP) is 3.30. The third kappa shape index (κ3) is 4.34. The number of nitrogens with zero attached hydrogens (tertiary/aromatic N) is 2. The van der Waals surface area contributed by atoms with Crippen LogP contribution in [0.25, 0.3) is 0 Å². The Labute approximate surface area is 141 Å². The smallest absolute Gasteiger partial charge is 0.243 e. The van der Waals surface area contributed by atoms with E-state index in [0.717, 1.165) is 25.8 Å². The number of hydrogen-bond donors (Lipinski definition) is 0. The van der Waals surface area contributed by atoms with E-state index in [4.69, 9.17) is 0 Å². The zero-order valence-corrected chi connectivity index (χ0v) is 15.6. The molecular formula is C18H30N2O2S. The van der Waals surface area contributed by atoms with Crippen LogP contribution >= 0.6 is 0 Å². The van der Waals surface area contributed by atoms with Crippen molar-refractivity contribution in [3.8, 4) is 0 Å². The van der Waals surface area contributed by atoms with E-state index in [1.165, 1.54) is 5.56 Å². The van der Waals surface area contributed by atoms with Gasteiger partial charge < -0.3 is 4.90 Å². The topological polar surface area (TPSA) is 40.6 Å². The van der Waals surface area contributed by atoms with Crippen molar-refractivity contribution in [3.63, 3.8) is 0 Å². The Kier molecular flexibility index (Phi) is 6.23. The van der Waals surface area contributed by atoms with Gasteiger partial charge in [-0.15, -0.1) is 0 Å². The van der Waals surface area contributed by atoms with E-state index in [1.807, 2.05) is 12.1 Å². The molecule has 0 spiro atoms. The number of rotatable bonds is 5. The molecule has 23 heavy (non-hydrogen) atoms. The van der Waals surface area contributed by atoms with Gasteiger partial charge in [0.15, 0.2) is 0 Å². The molecule has 0 saturated carbocycles. The average Bonchev–Trinajstić information content (AvgIpc) is 2.71. The molecule has 0 amide bonds. The van der Waals surface area contributed by atoms with Crippen molar-refractivity contribution in [3.05, 3.63) is 29.8 Å². The summed E-state index contributed by atoms with van der Waals surface area (Å²) in [5.41, 5.74) is 1.17. The van der Waals surface area contributed by atoms with Gasteiger partial charge in [-0.25, -0.2) is 8.42 Å². The SMILES string of the molecule is CCCC1CCN(S(=O)(=O)c2ccc(C(C)C)cc2)CCN1C. The molecule has 1 aromatic rings. The third-order valence-electron chi connectivity index (χ3n) is 4.84. The van der Waals surface area contributed by atoms with Crippen molar-refractivity contribution < 1.29 is 8.42 Å². The molecule has 4 nitrogen and oxygen atoms in total. The van der Waals surface area contributed by atoms with Crippen molar-refractivity contribution >= 4 is 10.0 Å². The molecule has 130 valence electrons. The second kappa shape index (κ2) is 7.77. The van der Waals surface area contributed by atoms with Gasteiger partial charge in [0.05, 0.1) is 4.90 Å². The Morgan fingerprint density at radius 3 is 2.35 bits per heavy atom. The minimum atomic E-state index is -3.38. The highest BCUT2D eigenvalue weighted by Crippen LogP contribution is 2.23. The zero-order valence-electron chi connectivity index (χ0n) is 14.8. The number of benzene rings is 1. The summed E-state index contributed by atoms with van der Waals surface area (Å²) < 4.78 is 27.5. The quantitative estimate of drug-likeness (QED) is 0.827. The van der Waals surface area contributed by atoms with Crippen LogP contribution in [0.15, 0.2) is 29.2 Å². The van der Waals surface area contributed by atoms with Crippen LogP contribution in [-0.2, 0) is 10.0 Å². The van der Waals surface area contributed by atoms with Gasteiger partial charge in [0.1, 0.15) is 0 Å². The zero-order chi connectivity index (χ0) is 17.0. The average molecular weight is 339 g/mol. The maximum absolute atomic E-state index is 12.9. The number of likely N-dealkylation sites (N-methyl/N-ethyl adjacent to an activating group) is 1. The van der Waals surface area contributed by atoms with Gasteiger partial charge in [-0.2, -0.15) is 4.31 Å². The Balaban J connectivity index is 2.16. The lowest BCUT2D eigenvalue weighted by Gasteiger charge is -2.24. The fraction of sp³-hybridized carbons (Fsp3) is 0.667. The van der Waals surface area contributed by atoms with Crippen LogP contribution in [0.3, 0.4) is 0 Å². The minimum absolute atomic E-state index is 0.411. The van der Waals surface area contributed by atoms with Crippen LogP contribution in [0.5, 0.6) is 0 Å². The highest BCUT2D eigenvalue weighted by Gasteiger charge is 2.29. The minimum Gasteiger partial charge on any atom is -0.302 e. The van der Waals surface area contributed by atoms with Crippen molar-refractivity contribution in [1.82, 2.24) is 9.21 Å². The van der Waals surface area contributed by atoms with E-state index in [9.17, 15) is 8.42 Å². The third-order valence-corrected chi connectivity index (χ3v) is 6.76. The molecule has 0 aromatic heterocycles. The Hall–Kier alpha value is -0.910. The molecule has 0 bridgehead atoms. The van der Waals surface area contributed by atoms with E-state index in [0.29, 0.717) is 29.9 Å². The lowest BCUT2D eigenvalue weighted by atomic mass is 10.0. The summed E-state index contributed by atoms with van der Waals surface area (Å²) in [4.78, 5) is 2.72. The Morgan fingerprint density at radius 2 is 1.78 bits per heavy atom. The van der Waals surface area contributed by atoms with Crippen LogP contribution in [0.4, 0.5) is 0 Å². The molecule has 1 saturated heterocycles. The standard InChI is InChI=1S/C18H30N2O2S/c1-5-6-17-11-12-20(14-13-19(17)4)23(21,22)18-9-7-16(8-10-18)15(2)3/h7-10,15,17H,5-6,11-14H2,1-4H3. The van der Waals surface area contributed by atoms with Crippen molar-refractivity contribution in [1.29, 1.82) is 0 Å². The normalized spacial score (nSPS) is 21.5. The Morgan fingerprint density at radius 1 is 1.13 bits per heavy atom. The highest BCUT2D eigenvalue weighted by molar-refractivity contribution is 7.89. The first kappa shape index (κ1) is 18.4. The summed E-state index contributed by atoms with van der Waals surface area (Å²) in [6, 6.07) is 7.86. The lowest BCUT2D eigenvalue weighted by Crippen LogP contribution is -2.35. The van der Waals surface area contributed by atoms with Gasteiger partial charge in [0.25, 0.3) is 0 Å². The maximum atomic E-state index is 12.9. The first-order valence-corrected chi connectivity index (χ1v) is 10.1. The van der Waals surface area contributed by atoms with Crippen molar-refractivity contribution in [2.24, 2.45) is 0 Å². The molecule has 1 atom stereocenters. The van der Waals surface area contributed by atoms with E-state index in [-0.39, 0.29) is 0 Å². The van der Waals surface area contributed by atoms with Gasteiger partial charge in [0.2, 0.25) is 10.0 Å². The van der Waals surface area contributed by atoms with Crippen molar-refractivity contribution in [2.75, 3.05) is 26.7 Å². The molecule has 0 radical (unpaired) electrons. The number of hydrogen-bond acceptors (Lipinski definition) is 3. The van der Waals surface area contributed by atoms with E-state index >= 15 is 0 Å². The van der Waals surface area contributed by atoms with Crippen LogP contribution in [0.1, 0.15) is 51.5 Å². The molecule has 1 unspecified atom stereocenters.